The smallest absolute Gasteiger partial charge is 0.372 e. The topological polar surface area (TPSA) is 90.2 Å². The molecule has 1 aromatic rings. The van der Waals surface area contributed by atoms with Gasteiger partial charge in [0.05, 0.1) is 0 Å². The van der Waals surface area contributed by atoms with Crippen LogP contribution >= 0.6 is 0 Å². The van der Waals surface area contributed by atoms with E-state index in [-0.39, 0.29) is 11.3 Å². The molecule has 1 aromatic carbocycles. The summed E-state index contributed by atoms with van der Waals surface area (Å²) in [5, 5.41) is 17.8. The van der Waals surface area contributed by atoms with E-state index >= 15 is 0 Å². The Morgan fingerprint density at radius 3 is 2.35 bits per heavy atom. The van der Waals surface area contributed by atoms with E-state index in [0.717, 1.165) is 23.1 Å². The van der Waals surface area contributed by atoms with Gasteiger partial charge >= 0.3 is 5.97 Å². The first-order chi connectivity index (χ1) is 9.31. The van der Waals surface area contributed by atoms with Gasteiger partial charge in [-0.15, -0.1) is 0 Å². The molecular formula is C12H8F2N2O4. The first-order valence-electron chi connectivity index (χ1n) is 5.31. The number of phenolic OH excluding ortho intramolecular Hbond substituents is 1. The van der Waals surface area contributed by atoms with Gasteiger partial charge in [0.2, 0.25) is 5.84 Å². The molecule has 6 nitrogen and oxygen atoms in total. The lowest BCUT2D eigenvalue weighted by atomic mass is 10.1. The molecule has 0 aliphatic carbocycles. The van der Waals surface area contributed by atoms with E-state index in [1.807, 2.05) is 0 Å². The van der Waals surface area contributed by atoms with Crippen molar-refractivity contribution in [2.75, 3.05) is 7.05 Å². The van der Waals surface area contributed by atoms with Crippen LogP contribution < -0.4 is 0 Å². The van der Waals surface area contributed by atoms with E-state index in [1.165, 1.54) is 7.05 Å². The number of amides is 1. The van der Waals surface area contributed by atoms with Gasteiger partial charge in [0, 0.05) is 7.05 Å². The molecule has 0 aromatic heterocycles. The number of rotatable bonds is 2. The Labute approximate surface area is 111 Å². The predicted molar refractivity (Wildman–Crippen MR) is 63.8 cm³/mol. The number of aliphatic carboxylic acids is 1. The number of carbonyl (C=O) groups excluding carboxylic acids is 1. The number of hydrogen-bond donors (Lipinski definition) is 2. The highest BCUT2D eigenvalue weighted by molar-refractivity contribution is 6.41. The number of benzene rings is 1. The van der Waals surface area contributed by atoms with Crippen molar-refractivity contribution in [1.82, 2.24) is 4.90 Å². The molecule has 0 saturated heterocycles. The van der Waals surface area contributed by atoms with Crippen LogP contribution in [0.5, 0.6) is 5.75 Å². The molecule has 0 unspecified atom stereocenters. The van der Waals surface area contributed by atoms with E-state index in [9.17, 15) is 18.4 Å². The fourth-order valence-corrected chi connectivity index (χ4v) is 1.62. The molecule has 1 heterocycles. The lowest BCUT2D eigenvalue weighted by molar-refractivity contribution is -0.131. The molecule has 0 radical (unpaired) electrons. The third kappa shape index (κ3) is 2.22. The molecule has 1 aliphatic rings. The van der Waals surface area contributed by atoms with Gasteiger partial charge in [-0.05, 0) is 23.8 Å². The molecular weight excluding hydrogens is 274 g/mol. The molecule has 1 aliphatic heterocycles. The number of phenols is 1. The number of carbonyl (C=O) groups is 2. The third-order valence-electron chi connectivity index (χ3n) is 2.60. The molecule has 8 heteroatoms. The van der Waals surface area contributed by atoms with Crippen molar-refractivity contribution >= 4 is 23.8 Å². The van der Waals surface area contributed by atoms with Gasteiger partial charge in [-0.25, -0.2) is 18.6 Å². The number of halogens is 2. The minimum absolute atomic E-state index is 0.0649. The van der Waals surface area contributed by atoms with Crippen molar-refractivity contribution < 1.29 is 28.6 Å². The molecule has 104 valence electrons. The average Bonchev–Trinajstić information content (AvgIpc) is 2.64. The summed E-state index contributed by atoms with van der Waals surface area (Å²) in [5.74, 6) is -6.11. The fraction of sp³-hybridized carbons (Fsp3) is 0.0833. The maximum absolute atomic E-state index is 13.1. The highest BCUT2D eigenvalue weighted by Crippen LogP contribution is 2.24. The van der Waals surface area contributed by atoms with Crippen LogP contribution in [0.2, 0.25) is 0 Å². The number of carboxylic acid groups (broad SMARTS) is 1. The zero-order valence-corrected chi connectivity index (χ0v) is 10.1. The monoisotopic (exact) mass is 282 g/mol. The van der Waals surface area contributed by atoms with Crippen LogP contribution in [0.25, 0.3) is 6.08 Å². The lowest BCUT2D eigenvalue weighted by Gasteiger charge is -2.06. The molecule has 2 N–H and O–H groups in total. The van der Waals surface area contributed by atoms with E-state index in [2.05, 4.69) is 4.99 Å². The van der Waals surface area contributed by atoms with Crippen LogP contribution in [-0.2, 0) is 9.59 Å². The third-order valence-corrected chi connectivity index (χ3v) is 2.60. The summed E-state index contributed by atoms with van der Waals surface area (Å²) in [6, 6.07) is 1.60. The number of nitrogens with zero attached hydrogens (tertiary/aromatic N) is 2. The van der Waals surface area contributed by atoms with E-state index < -0.39 is 35.1 Å². The minimum atomic E-state index is -1.40. The van der Waals surface area contributed by atoms with Gasteiger partial charge in [-0.2, -0.15) is 0 Å². The Kier molecular flexibility index (Phi) is 3.23. The normalized spacial score (nSPS) is 16.8. The minimum Gasteiger partial charge on any atom is -0.503 e. The molecule has 1 amide bonds. The highest BCUT2D eigenvalue weighted by Gasteiger charge is 2.31. The zero-order valence-electron chi connectivity index (χ0n) is 10.1. The van der Waals surface area contributed by atoms with Gasteiger partial charge in [-0.3, -0.25) is 9.69 Å². The van der Waals surface area contributed by atoms with Crippen LogP contribution in [0.15, 0.2) is 22.8 Å². The second kappa shape index (κ2) is 4.72. The maximum Gasteiger partial charge on any atom is 0.372 e. The number of carboxylic acids is 1. The first kappa shape index (κ1) is 13.7. The van der Waals surface area contributed by atoms with Gasteiger partial charge in [-0.1, -0.05) is 0 Å². The van der Waals surface area contributed by atoms with Crippen molar-refractivity contribution in [2.24, 2.45) is 4.99 Å². The van der Waals surface area contributed by atoms with E-state index in [1.54, 1.807) is 0 Å². The molecule has 0 spiro atoms. The molecule has 20 heavy (non-hydrogen) atoms. The molecule has 2 rings (SSSR count). The Bertz CT molecular complexity index is 659. The number of amidine groups is 1. The fourth-order valence-electron chi connectivity index (χ4n) is 1.62. The maximum atomic E-state index is 13.1. The lowest BCUT2D eigenvalue weighted by Crippen LogP contribution is -2.32. The summed E-state index contributed by atoms with van der Waals surface area (Å²) < 4.78 is 26.3. The molecule has 0 atom stereocenters. The largest absolute Gasteiger partial charge is 0.503 e. The van der Waals surface area contributed by atoms with Crippen LogP contribution in [0.3, 0.4) is 0 Å². The summed E-state index contributed by atoms with van der Waals surface area (Å²) in [6.07, 6.45) is 1.03. The SMILES string of the molecule is CN1C(=O)C(=Cc2cc(F)c(O)c(F)c2)N=C1C(=O)O. The Morgan fingerprint density at radius 2 is 1.90 bits per heavy atom. The van der Waals surface area contributed by atoms with Crippen LogP contribution in [0.4, 0.5) is 8.78 Å². The second-order valence-electron chi connectivity index (χ2n) is 3.97. The summed E-state index contributed by atoms with van der Waals surface area (Å²) in [4.78, 5) is 26.9. The van der Waals surface area contributed by atoms with Gasteiger partial charge in [0.1, 0.15) is 5.70 Å². The van der Waals surface area contributed by atoms with Crippen LogP contribution in [0, 0.1) is 11.6 Å². The van der Waals surface area contributed by atoms with E-state index in [4.69, 9.17) is 10.2 Å². The molecule has 0 fully saturated rings. The summed E-state index contributed by atoms with van der Waals surface area (Å²) in [6.45, 7) is 0. The number of likely N-dealkylation sites (N-methyl/N-ethyl adjacent to an activating group) is 1. The number of aromatic hydroxyl groups is 1. The van der Waals surface area contributed by atoms with Crippen LogP contribution in [-0.4, -0.2) is 39.9 Å². The van der Waals surface area contributed by atoms with Gasteiger partial charge in [0.15, 0.2) is 17.4 Å². The predicted octanol–water partition coefficient (Wildman–Crippen LogP) is 0.966. The number of hydrogen-bond acceptors (Lipinski definition) is 4. The first-order valence-corrected chi connectivity index (χ1v) is 5.31. The van der Waals surface area contributed by atoms with Crippen molar-refractivity contribution in [3.63, 3.8) is 0 Å². The Balaban J connectivity index is 2.46. The second-order valence-corrected chi connectivity index (χ2v) is 3.97. The summed E-state index contributed by atoms with van der Waals surface area (Å²) >= 11 is 0. The Hall–Kier alpha value is -2.77. The highest BCUT2D eigenvalue weighted by atomic mass is 19.1. The average molecular weight is 282 g/mol. The van der Waals surface area contributed by atoms with Crippen molar-refractivity contribution in [3.8, 4) is 5.75 Å². The number of aliphatic imine (C=N–C) groups is 1. The van der Waals surface area contributed by atoms with Gasteiger partial charge < -0.3 is 10.2 Å². The van der Waals surface area contributed by atoms with Gasteiger partial charge in [0.25, 0.3) is 5.91 Å². The molecule has 0 bridgehead atoms. The van der Waals surface area contributed by atoms with Crippen molar-refractivity contribution in [1.29, 1.82) is 0 Å². The summed E-state index contributed by atoms with van der Waals surface area (Å²) in [5.41, 5.74) is -0.334. The van der Waals surface area contributed by atoms with Crippen molar-refractivity contribution in [3.05, 3.63) is 35.0 Å². The van der Waals surface area contributed by atoms with Crippen molar-refractivity contribution in [2.45, 2.75) is 0 Å². The zero-order chi connectivity index (χ0) is 15.0. The molecule has 0 saturated carbocycles. The quantitative estimate of drug-likeness (QED) is 0.791. The van der Waals surface area contributed by atoms with E-state index in [0.29, 0.717) is 0 Å². The standard InChI is InChI=1S/C12H8F2N2O4/c1-16-10(12(19)20)15-8(11(16)18)4-5-2-6(13)9(17)7(14)3-5/h2-4,17H,1H3,(H,19,20). The Morgan fingerprint density at radius 1 is 1.35 bits per heavy atom. The van der Waals surface area contributed by atoms with Crippen LogP contribution in [0.1, 0.15) is 5.56 Å². The summed E-state index contributed by atoms with van der Waals surface area (Å²) in [7, 11) is 1.22.